The molecule has 0 saturated carbocycles. The number of hydrazine groups is 1. The van der Waals surface area contributed by atoms with E-state index in [9.17, 15) is 0 Å². The van der Waals surface area contributed by atoms with Crippen molar-refractivity contribution in [1.29, 1.82) is 0 Å². The van der Waals surface area contributed by atoms with Gasteiger partial charge in [0, 0.05) is 26.2 Å². The van der Waals surface area contributed by atoms with Crippen LogP contribution in [0.4, 0.5) is 0 Å². The number of rotatable bonds is 5. The van der Waals surface area contributed by atoms with Crippen LogP contribution >= 0.6 is 0 Å². The maximum absolute atomic E-state index is 5.53. The fourth-order valence-corrected chi connectivity index (χ4v) is 2.23. The summed E-state index contributed by atoms with van der Waals surface area (Å²) in [7, 11) is 4.24. The molecule has 0 radical (unpaired) electrons. The molecule has 0 amide bonds. The Morgan fingerprint density at radius 1 is 1.59 bits per heavy atom. The van der Waals surface area contributed by atoms with E-state index in [1.165, 1.54) is 19.4 Å². The van der Waals surface area contributed by atoms with E-state index in [-0.39, 0.29) is 0 Å². The van der Waals surface area contributed by atoms with Gasteiger partial charge in [-0.3, -0.25) is 10.4 Å². The molecule has 0 aliphatic carbocycles. The molecule has 1 rings (SSSR count). The first-order chi connectivity index (χ1) is 8.19. The number of unbranched alkanes of at least 4 members (excludes halogenated alkanes) is 1. The smallest absolute Gasteiger partial charge is 0.208 e. The highest BCUT2D eigenvalue weighted by atomic mass is 15.4. The minimum absolute atomic E-state index is 0.629. The Labute approximate surface area is 105 Å². The van der Waals surface area contributed by atoms with Gasteiger partial charge < -0.3 is 9.80 Å². The van der Waals surface area contributed by atoms with Crippen molar-refractivity contribution in [3.63, 3.8) is 0 Å². The van der Waals surface area contributed by atoms with Crippen molar-refractivity contribution >= 4 is 5.96 Å². The van der Waals surface area contributed by atoms with Crippen LogP contribution in [0.2, 0.25) is 0 Å². The summed E-state index contributed by atoms with van der Waals surface area (Å²) in [5.74, 6) is 6.33. The number of hydrogen-bond donors (Lipinski definition) is 2. The average molecular weight is 241 g/mol. The van der Waals surface area contributed by atoms with Gasteiger partial charge in [-0.25, -0.2) is 5.84 Å². The zero-order chi connectivity index (χ0) is 12.7. The van der Waals surface area contributed by atoms with Gasteiger partial charge in [0.2, 0.25) is 5.96 Å². The van der Waals surface area contributed by atoms with Crippen LogP contribution in [-0.2, 0) is 0 Å². The van der Waals surface area contributed by atoms with Gasteiger partial charge in [0.1, 0.15) is 0 Å². The van der Waals surface area contributed by atoms with Crippen LogP contribution in [0, 0.1) is 0 Å². The van der Waals surface area contributed by atoms with E-state index in [0.29, 0.717) is 6.04 Å². The second-order valence-corrected chi connectivity index (χ2v) is 4.86. The molecule has 0 spiro atoms. The number of nitrogens with zero attached hydrogens (tertiary/aromatic N) is 3. The van der Waals surface area contributed by atoms with Gasteiger partial charge in [-0.1, -0.05) is 13.3 Å². The summed E-state index contributed by atoms with van der Waals surface area (Å²) in [6.07, 6.45) is 4.85. The van der Waals surface area contributed by atoms with Crippen molar-refractivity contribution in [2.75, 3.05) is 33.7 Å². The summed E-state index contributed by atoms with van der Waals surface area (Å²) in [5.41, 5.74) is 2.71. The summed E-state index contributed by atoms with van der Waals surface area (Å²) in [4.78, 5) is 9.03. The molecule has 1 saturated heterocycles. The van der Waals surface area contributed by atoms with Crippen LogP contribution in [0.3, 0.4) is 0 Å². The molecule has 0 bridgehead atoms. The lowest BCUT2D eigenvalue weighted by atomic mass is 10.2. The SMILES string of the molecule is CCCCN=C(NN)N(C)CC1CCCN1C. The van der Waals surface area contributed by atoms with Crippen LogP contribution in [0.15, 0.2) is 4.99 Å². The molecule has 1 unspecified atom stereocenters. The third-order valence-electron chi connectivity index (χ3n) is 3.42. The Morgan fingerprint density at radius 2 is 2.35 bits per heavy atom. The Balaban J connectivity index is 2.42. The normalized spacial score (nSPS) is 21.9. The second kappa shape index (κ2) is 7.50. The number of hydrogen-bond acceptors (Lipinski definition) is 3. The Kier molecular flexibility index (Phi) is 6.29. The van der Waals surface area contributed by atoms with Gasteiger partial charge in [-0.15, -0.1) is 0 Å². The number of likely N-dealkylation sites (N-methyl/N-ethyl adjacent to an activating group) is 2. The molecule has 1 aliphatic rings. The molecule has 1 atom stereocenters. The third-order valence-corrected chi connectivity index (χ3v) is 3.42. The first-order valence-electron chi connectivity index (χ1n) is 6.61. The quantitative estimate of drug-likeness (QED) is 0.244. The Hall–Kier alpha value is -0.810. The summed E-state index contributed by atoms with van der Waals surface area (Å²) >= 11 is 0. The van der Waals surface area contributed by atoms with Crippen LogP contribution in [0.5, 0.6) is 0 Å². The lowest BCUT2D eigenvalue weighted by Gasteiger charge is -2.27. The van der Waals surface area contributed by atoms with Crippen molar-refractivity contribution in [3.05, 3.63) is 0 Å². The van der Waals surface area contributed by atoms with Crippen molar-refractivity contribution in [2.24, 2.45) is 10.8 Å². The van der Waals surface area contributed by atoms with E-state index in [1.807, 2.05) is 0 Å². The number of aliphatic imine (C=N–C) groups is 1. The summed E-state index contributed by atoms with van der Waals surface area (Å²) < 4.78 is 0. The van der Waals surface area contributed by atoms with Crippen LogP contribution in [-0.4, -0.2) is 55.5 Å². The first kappa shape index (κ1) is 14.3. The van der Waals surface area contributed by atoms with Crippen LogP contribution < -0.4 is 11.3 Å². The minimum atomic E-state index is 0.629. The standard InChI is InChI=1S/C12H27N5/c1-4-5-8-14-12(15-13)17(3)10-11-7-6-9-16(11)2/h11H,4-10,13H2,1-3H3,(H,14,15). The molecular formula is C12H27N5. The highest BCUT2D eigenvalue weighted by Crippen LogP contribution is 2.15. The zero-order valence-electron chi connectivity index (χ0n) is 11.4. The second-order valence-electron chi connectivity index (χ2n) is 4.86. The third kappa shape index (κ3) is 4.52. The predicted molar refractivity (Wildman–Crippen MR) is 72.8 cm³/mol. The minimum Gasteiger partial charge on any atom is -0.343 e. The van der Waals surface area contributed by atoms with E-state index in [4.69, 9.17) is 5.84 Å². The number of nitrogens with two attached hydrogens (primary N) is 1. The van der Waals surface area contributed by atoms with Crippen molar-refractivity contribution in [1.82, 2.24) is 15.2 Å². The van der Waals surface area contributed by atoms with Gasteiger partial charge in [0.15, 0.2) is 0 Å². The molecule has 3 N–H and O–H groups in total. The lowest BCUT2D eigenvalue weighted by molar-refractivity contribution is 0.264. The molecule has 0 aromatic heterocycles. The van der Waals surface area contributed by atoms with Gasteiger partial charge >= 0.3 is 0 Å². The van der Waals surface area contributed by atoms with Gasteiger partial charge in [0.25, 0.3) is 0 Å². The van der Waals surface area contributed by atoms with Gasteiger partial charge in [-0.2, -0.15) is 0 Å². The van der Waals surface area contributed by atoms with Gasteiger partial charge in [0.05, 0.1) is 0 Å². The zero-order valence-corrected chi connectivity index (χ0v) is 11.4. The highest BCUT2D eigenvalue weighted by Gasteiger charge is 2.22. The summed E-state index contributed by atoms with van der Waals surface area (Å²) in [6.45, 7) is 5.21. The van der Waals surface area contributed by atoms with E-state index >= 15 is 0 Å². The molecule has 0 aromatic carbocycles. The van der Waals surface area contributed by atoms with Crippen LogP contribution in [0.1, 0.15) is 32.6 Å². The molecule has 5 heteroatoms. The van der Waals surface area contributed by atoms with Crippen molar-refractivity contribution in [3.8, 4) is 0 Å². The van der Waals surface area contributed by atoms with E-state index in [1.54, 1.807) is 0 Å². The molecule has 17 heavy (non-hydrogen) atoms. The fourth-order valence-electron chi connectivity index (χ4n) is 2.23. The molecule has 0 aromatic rings. The van der Waals surface area contributed by atoms with Crippen LogP contribution in [0.25, 0.3) is 0 Å². The predicted octanol–water partition coefficient (Wildman–Crippen LogP) is 0.632. The topological polar surface area (TPSA) is 56.9 Å². The Morgan fingerprint density at radius 3 is 2.88 bits per heavy atom. The molecular weight excluding hydrogens is 214 g/mol. The average Bonchev–Trinajstić information content (AvgIpc) is 2.70. The van der Waals surface area contributed by atoms with E-state index in [2.05, 4.69) is 41.2 Å². The summed E-state index contributed by atoms with van der Waals surface area (Å²) in [6, 6.07) is 0.629. The molecule has 5 nitrogen and oxygen atoms in total. The number of likely N-dealkylation sites (tertiary alicyclic amines) is 1. The van der Waals surface area contributed by atoms with E-state index in [0.717, 1.165) is 31.9 Å². The van der Waals surface area contributed by atoms with Crippen molar-refractivity contribution < 1.29 is 0 Å². The highest BCUT2D eigenvalue weighted by molar-refractivity contribution is 5.79. The van der Waals surface area contributed by atoms with Crippen molar-refractivity contribution in [2.45, 2.75) is 38.6 Å². The monoisotopic (exact) mass is 241 g/mol. The molecule has 1 aliphatic heterocycles. The molecule has 100 valence electrons. The maximum Gasteiger partial charge on any atom is 0.208 e. The molecule has 1 heterocycles. The number of guanidine groups is 1. The summed E-state index contributed by atoms with van der Waals surface area (Å²) in [5, 5.41) is 0. The Bertz CT molecular complexity index is 241. The fraction of sp³-hybridized carbons (Fsp3) is 0.917. The van der Waals surface area contributed by atoms with Gasteiger partial charge in [-0.05, 0) is 32.9 Å². The molecule has 1 fully saturated rings. The first-order valence-corrected chi connectivity index (χ1v) is 6.61. The largest absolute Gasteiger partial charge is 0.343 e. The number of nitrogens with one attached hydrogen (secondary N) is 1. The maximum atomic E-state index is 5.53. The van der Waals surface area contributed by atoms with E-state index < -0.39 is 0 Å². The lowest BCUT2D eigenvalue weighted by Crippen LogP contribution is -2.47.